The zero-order valence-corrected chi connectivity index (χ0v) is 12.3. The Morgan fingerprint density at radius 2 is 1.86 bits per heavy atom. The summed E-state index contributed by atoms with van der Waals surface area (Å²) in [7, 11) is 0. The van der Waals surface area contributed by atoms with Crippen LogP contribution in [0, 0.1) is 0 Å². The Morgan fingerprint density at radius 1 is 1.09 bits per heavy atom. The van der Waals surface area contributed by atoms with Gasteiger partial charge in [0.2, 0.25) is 0 Å². The molecule has 4 nitrogen and oxygen atoms in total. The highest BCUT2D eigenvalue weighted by Gasteiger charge is 2.45. The maximum absolute atomic E-state index is 12.3. The van der Waals surface area contributed by atoms with Crippen LogP contribution < -0.4 is 10.1 Å². The van der Waals surface area contributed by atoms with Gasteiger partial charge in [-0.3, -0.25) is 9.69 Å². The van der Waals surface area contributed by atoms with Gasteiger partial charge in [-0.25, -0.2) is 0 Å². The molecule has 2 heterocycles. The number of likely N-dealkylation sites (tertiary alicyclic amines) is 1. The molecular formula is C18H18N2O2. The van der Waals surface area contributed by atoms with Crippen LogP contribution in [-0.2, 0) is 6.54 Å². The van der Waals surface area contributed by atoms with Gasteiger partial charge in [0.05, 0.1) is 12.1 Å². The van der Waals surface area contributed by atoms with Gasteiger partial charge in [0.15, 0.2) is 5.72 Å². The van der Waals surface area contributed by atoms with Gasteiger partial charge in [-0.2, -0.15) is 0 Å². The lowest BCUT2D eigenvalue weighted by Crippen LogP contribution is -2.57. The third-order valence-corrected chi connectivity index (χ3v) is 4.34. The van der Waals surface area contributed by atoms with E-state index in [0.29, 0.717) is 17.9 Å². The summed E-state index contributed by atoms with van der Waals surface area (Å²) in [5.74, 6) is 0.649. The zero-order valence-electron chi connectivity index (χ0n) is 12.3. The largest absolute Gasteiger partial charge is 0.466 e. The highest BCUT2D eigenvalue weighted by atomic mass is 16.5. The maximum atomic E-state index is 12.3. The SMILES string of the molecule is O=C1NC2(CCN(Cc3ccccc3)C2)Oc2ccccc21. The molecule has 1 fully saturated rings. The molecule has 4 rings (SSSR count). The molecule has 2 aromatic rings. The van der Waals surface area contributed by atoms with E-state index in [2.05, 4.69) is 34.5 Å². The Hall–Kier alpha value is -2.33. The normalized spacial score (nSPS) is 23.9. The summed E-state index contributed by atoms with van der Waals surface area (Å²) in [5.41, 5.74) is 1.32. The molecule has 2 aromatic carbocycles. The molecule has 1 atom stereocenters. The van der Waals surface area contributed by atoms with Crippen molar-refractivity contribution >= 4 is 5.91 Å². The van der Waals surface area contributed by atoms with Crippen molar-refractivity contribution in [3.8, 4) is 5.75 Å². The molecule has 1 unspecified atom stereocenters. The topological polar surface area (TPSA) is 41.6 Å². The molecule has 2 aliphatic heterocycles. The highest BCUT2D eigenvalue weighted by molar-refractivity contribution is 5.98. The van der Waals surface area contributed by atoms with Gasteiger partial charge >= 0.3 is 0 Å². The molecule has 0 bridgehead atoms. The van der Waals surface area contributed by atoms with E-state index in [0.717, 1.165) is 19.5 Å². The number of hydrogen-bond acceptors (Lipinski definition) is 3. The summed E-state index contributed by atoms with van der Waals surface area (Å²) in [6, 6.07) is 17.8. The lowest BCUT2D eigenvalue weighted by atomic mass is 10.1. The molecule has 112 valence electrons. The summed E-state index contributed by atoms with van der Waals surface area (Å²) in [6.07, 6.45) is 0.805. The molecule has 22 heavy (non-hydrogen) atoms. The Kier molecular flexibility index (Phi) is 3.12. The number of rotatable bonds is 2. The molecule has 4 heteroatoms. The van der Waals surface area contributed by atoms with Gasteiger partial charge in [-0.15, -0.1) is 0 Å². The van der Waals surface area contributed by atoms with E-state index in [1.807, 2.05) is 24.3 Å². The van der Waals surface area contributed by atoms with Crippen LogP contribution in [0.3, 0.4) is 0 Å². The van der Waals surface area contributed by atoms with Gasteiger partial charge in [-0.05, 0) is 17.7 Å². The fraction of sp³-hybridized carbons (Fsp3) is 0.278. The fourth-order valence-corrected chi connectivity index (χ4v) is 3.27. The van der Waals surface area contributed by atoms with Crippen molar-refractivity contribution in [3.63, 3.8) is 0 Å². The number of ether oxygens (including phenoxy) is 1. The summed E-state index contributed by atoms with van der Waals surface area (Å²) >= 11 is 0. The van der Waals surface area contributed by atoms with Gasteiger partial charge in [-0.1, -0.05) is 42.5 Å². The van der Waals surface area contributed by atoms with Crippen molar-refractivity contribution in [2.45, 2.75) is 18.7 Å². The van der Waals surface area contributed by atoms with Crippen molar-refractivity contribution in [1.29, 1.82) is 0 Å². The van der Waals surface area contributed by atoms with E-state index in [4.69, 9.17) is 4.74 Å². The second kappa shape index (κ2) is 5.14. The molecule has 0 saturated carbocycles. The number of nitrogens with zero attached hydrogens (tertiary/aromatic N) is 1. The minimum atomic E-state index is -0.583. The van der Waals surface area contributed by atoms with E-state index < -0.39 is 5.72 Å². The van der Waals surface area contributed by atoms with Gasteiger partial charge in [0, 0.05) is 19.5 Å². The van der Waals surface area contributed by atoms with Gasteiger partial charge < -0.3 is 10.1 Å². The second-order valence-corrected chi connectivity index (χ2v) is 5.99. The lowest BCUT2D eigenvalue weighted by Gasteiger charge is -2.36. The first-order chi connectivity index (χ1) is 10.7. The van der Waals surface area contributed by atoms with E-state index in [9.17, 15) is 4.79 Å². The first-order valence-electron chi connectivity index (χ1n) is 7.61. The minimum absolute atomic E-state index is 0.0385. The monoisotopic (exact) mass is 294 g/mol. The van der Waals surface area contributed by atoms with E-state index in [1.165, 1.54) is 5.56 Å². The number of amides is 1. The third-order valence-electron chi connectivity index (χ3n) is 4.34. The summed E-state index contributed by atoms with van der Waals surface area (Å²) in [6.45, 7) is 2.50. The highest BCUT2D eigenvalue weighted by Crippen LogP contribution is 2.33. The number of benzene rings is 2. The Balaban J connectivity index is 1.52. The molecule has 1 spiro atoms. The van der Waals surface area contributed by atoms with E-state index >= 15 is 0 Å². The van der Waals surface area contributed by atoms with Crippen LogP contribution in [0.2, 0.25) is 0 Å². The first-order valence-corrected chi connectivity index (χ1v) is 7.61. The van der Waals surface area contributed by atoms with Crippen LogP contribution in [0.4, 0.5) is 0 Å². The number of nitrogens with one attached hydrogen (secondary N) is 1. The van der Waals surface area contributed by atoms with Crippen LogP contribution in [0.25, 0.3) is 0 Å². The van der Waals surface area contributed by atoms with Crippen molar-refractivity contribution in [2.24, 2.45) is 0 Å². The number of carbonyl (C=O) groups is 1. The zero-order chi connectivity index (χ0) is 15.0. The van der Waals surface area contributed by atoms with Crippen molar-refractivity contribution < 1.29 is 9.53 Å². The van der Waals surface area contributed by atoms with Crippen LogP contribution in [0.15, 0.2) is 54.6 Å². The van der Waals surface area contributed by atoms with Crippen molar-refractivity contribution in [3.05, 3.63) is 65.7 Å². The molecule has 1 amide bonds. The molecule has 2 aliphatic rings. The second-order valence-electron chi connectivity index (χ2n) is 5.99. The summed E-state index contributed by atoms with van der Waals surface area (Å²) in [5, 5.41) is 3.06. The molecular weight excluding hydrogens is 276 g/mol. The van der Waals surface area contributed by atoms with Crippen LogP contribution in [-0.4, -0.2) is 29.6 Å². The van der Waals surface area contributed by atoms with Crippen molar-refractivity contribution in [2.75, 3.05) is 13.1 Å². The Labute approximate surface area is 129 Å². The van der Waals surface area contributed by atoms with Gasteiger partial charge in [0.25, 0.3) is 5.91 Å². The average molecular weight is 294 g/mol. The number of carbonyl (C=O) groups excluding carboxylic acids is 1. The molecule has 0 aliphatic carbocycles. The third kappa shape index (κ3) is 2.35. The van der Waals surface area contributed by atoms with E-state index in [-0.39, 0.29) is 5.91 Å². The predicted octanol–water partition coefficient (Wildman–Crippen LogP) is 2.41. The quantitative estimate of drug-likeness (QED) is 0.925. The Morgan fingerprint density at radius 3 is 2.73 bits per heavy atom. The number of fused-ring (bicyclic) bond motifs is 1. The van der Waals surface area contributed by atoms with E-state index in [1.54, 1.807) is 6.07 Å². The smallest absolute Gasteiger partial charge is 0.258 e. The summed E-state index contributed by atoms with van der Waals surface area (Å²) < 4.78 is 6.15. The van der Waals surface area contributed by atoms with Gasteiger partial charge in [0.1, 0.15) is 5.75 Å². The maximum Gasteiger partial charge on any atom is 0.258 e. The molecule has 0 radical (unpaired) electrons. The predicted molar refractivity (Wildman–Crippen MR) is 83.6 cm³/mol. The average Bonchev–Trinajstić information content (AvgIpc) is 2.90. The fourth-order valence-electron chi connectivity index (χ4n) is 3.27. The lowest BCUT2D eigenvalue weighted by molar-refractivity contribution is 0.0246. The molecule has 1 N–H and O–H groups in total. The van der Waals surface area contributed by atoms with Crippen LogP contribution in [0.5, 0.6) is 5.75 Å². The molecule has 1 saturated heterocycles. The van der Waals surface area contributed by atoms with Crippen LogP contribution >= 0.6 is 0 Å². The van der Waals surface area contributed by atoms with Crippen LogP contribution in [0.1, 0.15) is 22.3 Å². The number of para-hydroxylation sites is 1. The first kappa shape index (κ1) is 13.3. The standard InChI is InChI=1S/C18H18N2O2/c21-17-15-8-4-5-9-16(15)22-18(19-17)10-11-20(13-18)12-14-6-2-1-3-7-14/h1-9H,10-13H2,(H,19,21). The number of hydrogen-bond donors (Lipinski definition) is 1. The molecule has 0 aromatic heterocycles. The summed E-state index contributed by atoms with van der Waals surface area (Å²) in [4.78, 5) is 14.6. The minimum Gasteiger partial charge on any atom is -0.466 e. The Bertz CT molecular complexity index is 701. The van der Waals surface area contributed by atoms with Crippen molar-refractivity contribution in [1.82, 2.24) is 10.2 Å².